The zero-order chi connectivity index (χ0) is 22.5. The van der Waals surface area contributed by atoms with Crippen LogP contribution in [0.5, 0.6) is 0 Å². The van der Waals surface area contributed by atoms with Crippen molar-refractivity contribution in [3.05, 3.63) is 98.1 Å². The van der Waals surface area contributed by atoms with E-state index in [1.807, 2.05) is 12.2 Å². The highest BCUT2D eigenvalue weighted by molar-refractivity contribution is 6.99. The van der Waals surface area contributed by atoms with Gasteiger partial charge < -0.3 is 9.16 Å². The molecule has 0 N–H and O–H groups in total. The zero-order valence-electron chi connectivity index (χ0n) is 19.3. The monoisotopic (exact) mass is 432 g/mol. The largest absolute Gasteiger partial charge is 0.407 e. The van der Waals surface area contributed by atoms with Crippen molar-refractivity contribution in [2.45, 2.75) is 44.9 Å². The fourth-order valence-corrected chi connectivity index (χ4v) is 9.42. The summed E-state index contributed by atoms with van der Waals surface area (Å²) in [7, 11) is -2.57. The Morgan fingerprint density at radius 2 is 1.48 bits per heavy atom. The topological polar surface area (TPSA) is 18.5 Å². The van der Waals surface area contributed by atoms with E-state index in [0.29, 0.717) is 12.5 Å². The van der Waals surface area contributed by atoms with Gasteiger partial charge in [0.25, 0.3) is 8.32 Å². The molecule has 1 saturated heterocycles. The minimum atomic E-state index is -2.57. The van der Waals surface area contributed by atoms with Crippen molar-refractivity contribution in [3.63, 3.8) is 0 Å². The first kappa shape index (κ1) is 23.5. The molecule has 3 heteroatoms. The first-order valence-corrected chi connectivity index (χ1v) is 13.1. The molecule has 2 nitrogen and oxygen atoms in total. The van der Waals surface area contributed by atoms with Gasteiger partial charge in [-0.05, 0) is 21.3 Å². The van der Waals surface area contributed by atoms with Crippen LogP contribution in [0, 0.1) is 11.8 Å². The van der Waals surface area contributed by atoms with E-state index in [4.69, 9.17) is 9.16 Å². The predicted molar refractivity (Wildman–Crippen MR) is 134 cm³/mol. The molecule has 1 aliphatic rings. The molecule has 1 fully saturated rings. The molecule has 0 spiro atoms. The minimum absolute atomic E-state index is 0.00536. The van der Waals surface area contributed by atoms with Crippen LogP contribution in [0.2, 0.25) is 5.04 Å². The third-order valence-electron chi connectivity index (χ3n) is 6.51. The Morgan fingerprint density at radius 1 is 0.935 bits per heavy atom. The van der Waals surface area contributed by atoms with Gasteiger partial charge in [0.05, 0.1) is 12.2 Å². The summed E-state index contributed by atoms with van der Waals surface area (Å²) >= 11 is 0. The lowest BCUT2D eigenvalue weighted by Crippen LogP contribution is -2.67. The molecular weight excluding hydrogens is 396 g/mol. The van der Waals surface area contributed by atoms with Crippen molar-refractivity contribution in [1.82, 2.24) is 0 Å². The molecule has 0 bridgehead atoms. The number of rotatable bonds is 8. The van der Waals surface area contributed by atoms with Crippen LogP contribution in [-0.2, 0) is 9.16 Å². The van der Waals surface area contributed by atoms with Crippen molar-refractivity contribution in [3.8, 4) is 0 Å². The van der Waals surface area contributed by atoms with Gasteiger partial charge >= 0.3 is 0 Å². The number of hydrogen-bond donors (Lipinski definition) is 0. The Hall–Kier alpha value is -2.20. The molecule has 0 saturated carbocycles. The average Bonchev–Trinajstić information content (AvgIpc) is 3.08. The highest BCUT2D eigenvalue weighted by Gasteiger charge is 2.51. The lowest BCUT2D eigenvalue weighted by atomic mass is 9.89. The summed E-state index contributed by atoms with van der Waals surface area (Å²) in [4.78, 5) is 0. The molecule has 164 valence electrons. The second kappa shape index (κ2) is 9.95. The van der Waals surface area contributed by atoms with E-state index < -0.39 is 8.32 Å². The third kappa shape index (κ3) is 4.69. The van der Waals surface area contributed by atoms with Crippen LogP contribution < -0.4 is 10.4 Å². The van der Waals surface area contributed by atoms with Crippen LogP contribution in [-0.4, -0.2) is 27.1 Å². The standard InChI is InChI=1S/C28H36O2Si/c1-7-9-20-27-25(22(3)26(8-2)30-27)21-29-31(28(4,5)6,23-16-12-10-13-17-23)24-18-14-11-15-19-24/h7-20,22,25-27H,1-2,21H2,3-6H3/b20-9-/t22-,25+,26+,27-/m0/s1. The van der Waals surface area contributed by atoms with Crippen LogP contribution in [0.1, 0.15) is 27.7 Å². The third-order valence-corrected chi connectivity index (χ3v) is 11.5. The molecule has 1 aliphatic heterocycles. The molecule has 0 radical (unpaired) electrons. The van der Waals surface area contributed by atoms with Crippen LogP contribution in [0.25, 0.3) is 0 Å². The Labute approximate surface area is 189 Å². The maximum atomic E-state index is 7.19. The molecule has 31 heavy (non-hydrogen) atoms. The Bertz CT molecular complexity index is 843. The molecular formula is C28H36O2Si. The quantitative estimate of drug-likeness (QED) is 0.311. The fraction of sp³-hybridized carbons (Fsp3) is 0.357. The molecule has 4 atom stereocenters. The number of allylic oxidation sites excluding steroid dienone is 2. The molecule has 0 amide bonds. The smallest absolute Gasteiger partial charge is 0.261 e. The SMILES string of the molecule is C=C/C=C\[C@@H]1O[C@H](C=C)[C@@H](C)[C@H]1CO[Si](c1ccccc1)(c1ccccc1)C(C)(C)C. The second-order valence-electron chi connectivity index (χ2n) is 9.42. The predicted octanol–water partition coefficient (Wildman–Crippen LogP) is 5.51. The first-order chi connectivity index (χ1) is 14.8. The second-order valence-corrected chi connectivity index (χ2v) is 13.7. The molecule has 0 aliphatic carbocycles. The van der Waals surface area contributed by atoms with E-state index in [-0.39, 0.29) is 23.2 Å². The normalized spacial score (nSPS) is 24.4. The first-order valence-electron chi connectivity index (χ1n) is 11.2. The molecule has 1 heterocycles. The van der Waals surface area contributed by atoms with Crippen LogP contribution in [0.3, 0.4) is 0 Å². The molecule has 0 aromatic heterocycles. The minimum Gasteiger partial charge on any atom is -0.407 e. The summed E-state index contributed by atoms with van der Waals surface area (Å²) in [5, 5.41) is 2.57. The van der Waals surface area contributed by atoms with E-state index in [9.17, 15) is 0 Å². The van der Waals surface area contributed by atoms with Gasteiger partial charge in [0.15, 0.2) is 0 Å². The van der Waals surface area contributed by atoms with Gasteiger partial charge in [0.2, 0.25) is 0 Å². The van der Waals surface area contributed by atoms with Crippen molar-refractivity contribution in [1.29, 1.82) is 0 Å². The highest BCUT2D eigenvalue weighted by Crippen LogP contribution is 2.40. The Balaban J connectivity index is 2.04. The summed E-state index contributed by atoms with van der Waals surface area (Å²) in [6.45, 7) is 17.6. The lowest BCUT2D eigenvalue weighted by Gasteiger charge is -2.44. The van der Waals surface area contributed by atoms with Gasteiger partial charge in [-0.15, -0.1) is 6.58 Å². The summed E-state index contributed by atoms with van der Waals surface area (Å²) < 4.78 is 13.5. The number of hydrogen-bond acceptors (Lipinski definition) is 2. The Morgan fingerprint density at radius 3 is 1.94 bits per heavy atom. The summed E-state index contributed by atoms with van der Waals surface area (Å²) in [5.41, 5.74) is 0. The summed E-state index contributed by atoms with van der Waals surface area (Å²) in [6.07, 6.45) is 7.82. The van der Waals surface area contributed by atoms with E-state index in [1.165, 1.54) is 10.4 Å². The summed E-state index contributed by atoms with van der Waals surface area (Å²) in [6, 6.07) is 21.6. The van der Waals surface area contributed by atoms with Crippen molar-refractivity contribution in [2.24, 2.45) is 11.8 Å². The maximum Gasteiger partial charge on any atom is 0.261 e. The summed E-state index contributed by atoms with van der Waals surface area (Å²) in [5.74, 6) is 0.580. The van der Waals surface area contributed by atoms with Crippen molar-refractivity contribution < 1.29 is 9.16 Å². The number of ether oxygens (including phenoxy) is 1. The van der Waals surface area contributed by atoms with Gasteiger partial charge in [-0.25, -0.2) is 0 Å². The van der Waals surface area contributed by atoms with Gasteiger partial charge in [-0.1, -0.05) is 119 Å². The van der Waals surface area contributed by atoms with Gasteiger partial charge in [0, 0.05) is 12.5 Å². The van der Waals surface area contributed by atoms with E-state index in [1.54, 1.807) is 6.08 Å². The maximum absolute atomic E-state index is 7.19. The fourth-order valence-electron chi connectivity index (χ4n) is 4.82. The molecule has 3 rings (SSSR count). The van der Waals surface area contributed by atoms with E-state index >= 15 is 0 Å². The van der Waals surface area contributed by atoms with E-state index in [2.05, 4.69) is 108 Å². The lowest BCUT2D eigenvalue weighted by molar-refractivity contribution is 0.0774. The van der Waals surface area contributed by atoms with Crippen LogP contribution in [0.15, 0.2) is 98.1 Å². The highest BCUT2D eigenvalue weighted by atomic mass is 28.4. The number of benzene rings is 2. The van der Waals surface area contributed by atoms with E-state index in [0.717, 1.165) is 0 Å². The molecule has 0 unspecified atom stereocenters. The zero-order valence-corrected chi connectivity index (χ0v) is 20.3. The van der Waals surface area contributed by atoms with Crippen molar-refractivity contribution >= 4 is 18.7 Å². The average molecular weight is 433 g/mol. The van der Waals surface area contributed by atoms with Gasteiger partial charge in [0.1, 0.15) is 0 Å². The van der Waals surface area contributed by atoms with Gasteiger partial charge in [-0.3, -0.25) is 0 Å². The molecule has 2 aromatic rings. The Kier molecular flexibility index (Phi) is 7.53. The van der Waals surface area contributed by atoms with Crippen LogP contribution >= 0.6 is 0 Å². The molecule has 2 aromatic carbocycles. The van der Waals surface area contributed by atoms with Crippen molar-refractivity contribution in [2.75, 3.05) is 6.61 Å². The van der Waals surface area contributed by atoms with Gasteiger partial charge in [-0.2, -0.15) is 0 Å². The van der Waals surface area contributed by atoms with Crippen LogP contribution in [0.4, 0.5) is 0 Å².